The Labute approximate surface area is 114 Å². The van der Waals surface area contributed by atoms with Gasteiger partial charge in [0.15, 0.2) is 0 Å². The number of hydrogen-bond acceptors (Lipinski definition) is 5. The molecule has 0 unspecified atom stereocenters. The van der Waals surface area contributed by atoms with Crippen LogP contribution in [0, 0.1) is 6.92 Å². The highest BCUT2D eigenvalue weighted by Crippen LogP contribution is 2.28. The largest absolute Gasteiger partial charge is 0.388 e. The predicted octanol–water partition coefficient (Wildman–Crippen LogP) is 2.32. The minimum absolute atomic E-state index is 0.566. The van der Waals surface area contributed by atoms with Crippen molar-refractivity contribution < 1.29 is 5.11 Å². The SMILES string of the molecule is CCNc1ncnc(NCC2(O)CCCCC2)c1C. The molecule has 0 radical (unpaired) electrons. The van der Waals surface area contributed by atoms with E-state index in [0.29, 0.717) is 6.54 Å². The quantitative estimate of drug-likeness (QED) is 0.761. The molecule has 0 amide bonds. The summed E-state index contributed by atoms with van der Waals surface area (Å²) in [5, 5.41) is 17.0. The molecule has 1 aliphatic carbocycles. The summed E-state index contributed by atoms with van der Waals surface area (Å²) >= 11 is 0. The third-order valence-corrected chi connectivity index (χ3v) is 3.80. The maximum Gasteiger partial charge on any atom is 0.134 e. The molecule has 0 aliphatic heterocycles. The average molecular weight is 264 g/mol. The predicted molar refractivity (Wildman–Crippen MR) is 77.5 cm³/mol. The van der Waals surface area contributed by atoms with Crippen molar-refractivity contribution in [3.8, 4) is 0 Å². The van der Waals surface area contributed by atoms with Gasteiger partial charge in [-0.05, 0) is 26.7 Å². The van der Waals surface area contributed by atoms with E-state index in [2.05, 4.69) is 20.6 Å². The highest BCUT2D eigenvalue weighted by Gasteiger charge is 2.29. The molecule has 0 spiro atoms. The number of aromatic nitrogens is 2. The lowest BCUT2D eigenvalue weighted by atomic mass is 9.85. The van der Waals surface area contributed by atoms with Crippen LogP contribution in [0.3, 0.4) is 0 Å². The molecule has 1 aromatic heterocycles. The summed E-state index contributed by atoms with van der Waals surface area (Å²) in [6, 6.07) is 0. The molecule has 106 valence electrons. The van der Waals surface area contributed by atoms with Gasteiger partial charge in [0, 0.05) is 18.7 Å². The first kappa shape index (κ1) is 14.1. The fourth-order valence-electron chi connectivity index (χ4n) is 2.61. The fourth-order valence-corrected chi connectivity index (χ4v) is 2.61. The first-order valence-corrected chi connectivity index (χ1v) is 7.16. The molecule has 0 aromatic carbocycles. The minimum atomic E-state index is -0.575. The van der Waals surface area contributed by atoms with Crippen molar-refractivity contribution in [1.82, 2.24) is 9.97 Å². The van der Waals surface area contributed by atoms with Gasteiger partial charge in [0.2, 0.25) is 0 Å². The number of nitrogens with zero attached hydrogens (tertiary/aromatic N) is 2. The molecule has 0 bridgehead atoms. The van der Waals surface area contributed by atoms with Gasteiger partial charge in [-0.2, -0.15) is 0 Å². The summed E-state index contributed by atoms with van der Waals surface area (Å²) in [6.45, 7) is 5.43. The van der Waals surface area contributed by atoms with Gasteiger partial charge in [0.05, 0.1) is 5.60 Å². The second-order valence-corrected chi connectivity index (χ2v) is 5.36. The molecular weight excluding hydrogens is 240 g/mol. The molecule has 3 N–H and O–H groups in total. The molecule has 1 saturated carbocycles. The van der Waals surface area contributed by atoms with Crippen molar-refractivity contribution in [3.05, 3.63) is 11.9 Å². The Morgan fingerprint density at radius 3 is 2.42 bits per heavy atom. The van der Waals surface area contributed by atoms with Gasteiger partial charge in [-0.25, -0.2) is 9.97 Å². The van der Waals surface area contributed by atoms with Crippen molar-refractivity contribution in [2.24, 2.45) is 0 Å². The Kier molecular flexibility index (Phi) is 4.58. The molecule has 19 heavy (non-hydrogen) atoms. The van der Waals surface area contributed by atoms with E-state index >= 15 is 0 Å². The van der Waals surface area contributed by atoms with E-state index in [0.717, 1.165) is 49.4 Å². The van der Waals surface area contributed by atoms with E-state index in [1.54, 1.807) is 6.33 Å². The topological polar surface area (TPSA) is 70.1 Å². The summed E-state index contributed by atoms with van der Waals surface area (Å²) in [6.07, 6.45) is 6.78. The van der Waals surface area contributed by atoms with Crippen molar-refractivity contribution in [2.45, 2.75) is 51.6 Å². The van der Waals surface area contributed by atoms with E-state index < -0.39 is 5.60 Å². The van der Waals surface area contributed by atoms with Gasteiger partial charge in [0.1, 0.15) is 18.0 Å². The van der Waals surface area contributed by atoms with E-state index in [-0.39, 0.29) is 0 Å². The van der Waals surface area contributed by atoms with Crippen LogP contribution in [0.5, 0.6) is 0 Å². The molecule has 1 heterocycles. The van der Waals surface area contributed by atoms with Crippen LogP contribution >= 0.6 is 0 Å². The van der Waals surface area contributed by atoms with Gasteiger partial charge in [-0.15, -0.1) is 0 Å². The third-order valence-electron chi connectivity index (χ3n) is 3.80. The van der Waals surface area contributed by atoms with Gasteiger partial charge in [-0.3, -0.25) is 0 Å². The van der Waals surface area contributed by atoms with Crippen LogP contribution in [0.2, 0.25) is 0 Å². The van der Waals surface area contributed by atoms with E-state index in [4.69, 9.17) is 0 Å². The molecule has 5 nitrogen and oxygen atoms in total. The van der Waals surface area contributed by atoms with Crippen molar-refractivity contribution in [1.29, 1.82) is 0 Å². The average Bonchev–Trinajstić information content (AvgIpc) is 2.41. The lowest BCUT2D eigenvalue weighted by molar-refractivity contribution is 0.0166. The van der Waals surface area contributed by atoms with Crippen molar-refractivity contribution >= 4 is 11.6 Å². The first-order chi connectivity index (χ1) is 9.14. The molecule has 1 aromatic rings. The Hall–Kier alpha value is -1.36. The normalized spacial score (nSPS) is 18.1. The van der Waals surface area contributed by atoms with Gasteiger partial charge in [-0.1, -0.05) is 19.3 Å². The highest BCUT2D eigenvalue weighted by atomic mass is 16.3. The Morgan fingerprint density at radius 2 is 1.79 bits per heavy atom. The smallest absolute Gasteiger partial charge is 0.134 e. The second kappa shape index (κ2) is 6.19. The zero-order valence-corrected chi connectivity index (χ0v) is 11.9. The highest BCUT2D eigenvalue weighted by molar-refractivity contribution is 5.56. The Morgan fingerprint density at radius 1 is 1.16 bits per heavy atom. The summed E-state index contributed by atoms with van der Waals surface area (Å²) in [7, 11) is 0. The van der Waals surface area contributed by atoms with E-state index in [1.165, 1.54) is 6.42 Å². The molecule has 1 aliphatic rings. The Balaban J connectivity index is 2.00. The number of anilines is 2. The van der Waals surface area contributed by atoms with E-state index in [9.17, 15) is 5.11 Å². The van der Waals surface area contributed by atoms with Crippen LogP contribution < -0.4 is 10.6 Å². The van der Waals surface area contributed by atoms with Gasteiger partial charge in [0.25, 0.3) is 0 Å². The second-order valence-electron chi connectivity index (χ2n) is 5.36. The Bertz CT molecular complexity index is 416. The lowest BCUT2D eigenvalue weighted by Crippen LogP contribution is -2.39. The minimum Gasteiger partial charge on any atom is -0.388 e. The van der Waals surface area contributed by atoms with Gasteiger partial charge < -0.3 is 15.7 Å². The lowest BCUT2D eigenvalue weighted by Gasteiger charge is -2.32. The van der Waals surface area contributed by atoms with Crippen molar-refractivity contribution in [2.75, 3.05) is 23.7 Å². The van der Waals surface area contributed by atoms with Crippen LogP contribution in [-0.2, 0) is 0 Å². The van der Waals surface area contributed by atoms with Crippen LogP contribution in [-0.4, -0.2) is 33.8 Å². The van der Waals surface area contributed by atoms with Crippen molar-refractivity contribution in [3.63, 3.8) is 0 Å². The monoisotopic (exact) mass is 264 g/mol. The molecule has 0 atom stereocenters. The van der Waals surface area contributed by atoms with E-state index in [1.807, 2.05) is 13.8 Å². The number of hydrogen-bond donors (Lipinski definition) is 3. The van der Waals surface area contributed by atoms with Crippen LogP contribution in [0.1, 0.15) is 44.6 Å². The zero-order valence-electron chi connectivity index (χ0n) is 11.9. The summed E-state index contributed by atoms with van der Waals surface area (Å²) in [4.78, 5) is 8.48. The third kappa shape index (κ3) is 3.56. The molecule has 1 fully saturated rings. The first-order valence-electron chi connectivity index (χ1n) is 7.16. The van der Waals surface area contributed by atoms with Crippen LogP contribution in [0.25, 0.3) is 0 Å². The molecule has 5 heteroatoms. The standard InChI is InChI=1S/C14H24N4O/c1-3-15-12-11(2)13(18-10-17-12)16-9-14(19)7-5-4-6-8-14/h10,19H,3-9H2,1-2H3,(H2,15,16,17,18). The number of rotatable bonds is 5. The fraction of sp³-hybridized carbons (Fsp3) is 0.714. The maximum atomic E-state index is 10.5. The molecule has 0 saturated heterocycles. The van der Waals surface area contributed by atoms with Crippen LogP contribution in [0.15, 0.2) is 6.33 Å². The number of nitrogens with one attached hydrogen (secondary N) is 2. The summed E-state index contributed by atoms with van der Waals surface area (Å²) < 4.78 is 0. The van der Waals surface area contributed by atoms with Crippen LogP contribution in [0.4, 0.5) is 11.6 Å². The molecular formula is C14H24N4O. The maximum absolute atomic E-state index is 10.5. The summed E-state index contributed by atoms with van der Waals surface area (Å²) in [5.74, 6) is 1.67. The summed E-state index contributed by atoms with van der Waals surface area (Å²) in [5.41, 5.74) is 0.428. The van der Waals surface area contributed by atoms with Gasteiger partial charge >= 0.3 is 0 Å². The zero-order chi connectivity index (χ0) is 13.7. The molecule has 2 rings (SSSR count). The number of aliphatic hydroxyl groups is 1.